The molecular formula is C26H20F2IrNO2-. The van der Waals surface area contributed by atoms with Crippen molar-refractivity contribution in [1.82, 2.24) is 4.98 Å². The number of ketones is 1. The van der Waals surface area contributed by atoms with E-state index in [0.717, 1.165) is 28.1 Å². The van der Waals surface area contributed by atoms with Crippen LogP contribution in [0.3, 0.4) is 0 Å². The summed E-state index contributed by atoms with van der Waals surface area (Å²) in [5.41, 5.74) is 3.65. The Bertz CT molecular complexity index is 1260. The molecule has 1 heterocycles. The average Bonchev–Trinajstić information content (AvgIpc) is 2.73. The van der Waals surface area contributed by atoms with E-state index in [2.05, 4.69) is 11.1 Å². The number of carbonyl (C=O) groups excluding carboxylic acids is 1. The molecule has 1 aromatic heterocycles. The number of para-hydroxylation sites is 1. The number of halogens is 2. The molecule has 0 bridgehead atoms. The predicted molar refractivity (Wildman–Crippen MR) is 118 cm³/mol. The molecule has 1 radical (unpaired) electrons. The first-order chi connectivity index (χ1) is 14.8. The van der Waals surface area contributed by atoms with E-state index in [1.54, 1.807) is 18.3 Å². The third-order valence-corrected chi connectivity index (χ3v) is 4.38. The number of aromatic nitrogens is 1. The van der Waals surface area contributed by atoms with Crippen LogP contribution in [0.4, 0.5) is 8.78 Å². The zero-order chi connectivity index (χ0) is 22.4. The number of benzene rings is 3. The van der Waals surface area contributed by atoms with E-state index in [1.807, 2.05) is 36.4 Å². The zero-order valence-electron chi connectivity index (χ0n) is 17.4. The monoisotopic (exact) mass is 609 g/mol. The van der Waals surface area contributed by atoms with E-state index < -0.39 is 11.6 Å². The van der Waals surface area contributed by atoms with Crippen molar-refractivity contribution in [3.8, 4) is 22.3 Å². The molecule has 1 N–H and O–H groups in total. The molecule has 0 aliphatic carbocycles. The van der Waals surface area contributed by atoms with E-state index in [4.69, 9.17) is 5.11 Å². The van der Waals surface area contributed by atoms with Crippen LogP contribution in [0.25, 0.3) is 33.2 Å². The summed E-state index contributed by atoms with van der Waals surface area (Å²) in [7, 11) is 0. The third-order valence-electron chi connectivity index (χ3n) is 4.38. The van der Waals surface area contributed by atoms with Gasteiger partial charge in [0.1, 0.15) is 11.6 Å². The van der Waals surface area contributed by atoms with Gasteiger partial charge in [-0.25, -0.2) is 8.78 Å². The topological polar surface area (TPSA) is 50.2 Å². The molecule has 0 unspecified atom stereocenters. The van der Waals surface area contributed by atoms with Gasteiger partial charge in [-0.3, -0.25) is 9.78 Å². The normalized spacial score (nSPS) is 10.7. The Balaban J connectivity index is 0.000000398. The van der Waals surface area contributed by atoms with Crippen LogP contribution in [-0.2, 0) is 24.9 Å². The van der Waals surface area contributed by atoms with Gasteiger partial charge in [0.2, 0.25) is 0 Å². The molecule has 0 saturated carbocycles. The zero-order valence-corrected chi connectivity index (χ0v) is 19.8. The van der Waals surface area contributed by atoms with Crippen LogP contribution in [0.1, 0.15) is 13.8 Å². The van der Waals surface area contributed by atoms with Crippen LogP contribution in [0.5, 0.6) is 0 Å². The summed E-state index contributed by atoms with van der Waals surface area (Å²) in [5, 5.41) is 9.39. The molecule has 0 amide bonds. The molecule has 165 valence electrons. The van der Waals surface area contributed by atoms with Crippen molar-refractivity contribution in [2.24, 2.45) is 0 Å². The van der Waals surface area contributed by atoms with Crippen molar-refractivity contribution in [2.75, 3.05) is 0 Å². The van der Waals surface area contributed by atoms with E-state index in [9.17, 15) is 13.6 Å². The molecular weight excluding hydrogens is 589 g/mol. The first-order valence-electron chi connectivity index (χ1n) is 9.54. The summed E-state index contributed by atoms with van der Waals surface area (Å²) in [6.07, 6.45) is 2.91. The van der Waals surface area contributed by atoms with Gasteiger partial charge in [-0.05, 0) is 36.9 Å². The quantitative estimate of drug-likeness (QED) is 0.160. The second-order valence-electron chi connectivity index (χ2n) is 6.89. The predicted octanol–water partition coefficient (Wildman–Crippen LogP) is 6.68. The van der Waals surface area contributed by atoms with Crippen LogP contribution in [0.15, 0.2) is 84.8 Å². The standard InChI is InChI=1S/C21H12F2N.C5H8O2.Ir/c22-17-9-10-18(20(23)13-17)15-5-1-6-16(12-15)19-8-2-4-14-7-3-11-24-21(14)19;1-4(6)3-5(2)7;/h1-5,7-13H;3,6H,1-2H3;/q-1;;/b;4-3-;. The van der Waals surface area contributed by atoms with E-state index in [1.165, 1.54) is 32.1 Å². The minimum absolute atomic E-state index is 0. The van der Waals surface area contributed by atoms with Crippen molar-refractivity contribution in [2.45, 2.75) is 13.8 Å². The fourth-order valence-corrected chi connectivity index (χ4v) is 3.13. The van der Waals surface area contributed by atoms with E-state index in [-0.39, 0.29) is 31.6 Å². The number of rotatable bonds is 3. The van der Waals surface area contributed by atoms with Crippen molar-refractivity contribution >= 4 is 16.7 Å². The number of hydrogen-bond donors (Lipinski definition) is 1. The number of carbonyl (C=O) groups is 1. The maximum atomic E-state index is 14.1. The second-order valence-corrected chi connectivity index (χ2v) is 6.89. The van der Waals surface area contributed by atoms with Crippen LogP contribution in [0.2, 0.25) is 0 Å². The molecule has 3 nitrogen and oxygen atoms in total. The van der Waals surface area contributed by atoms with Crippen molar-refractivity contribution < 1.29 is 38.8 Å². The average molecular weight is 609 g/mol. The van der Waals surface area contributed by atoms with Gasteiger partial charge in [0.15, 0.2) is 5.78 Å². The smallest absolute Gasteiger partial charge is 0.155 e. The molecule has 0 atom stereocenters. The molecule has 0 fully saturated rings. The van der Waals surface area contributed by atoms with E-state index >= 15 is 0 Å². The SMILES string of the molecule is CC(=O)/C=C(/C)O.Fc1ccc(-c2cc[c-]c(-c3cccc4cccnc34)c2)c(F)c1.[Ir]. The number of allylic oxidation sites excluding steroid dienone is 2. The molecule has 6 heteroatoms. The summed E-state index contributed by atoms with van der Waals surface area (Å²) >= 11 is 0. The fourth-order valence-electron chi connectivity index (χ4n) is 3.13. The van der Waals surface area contributed by atoms with Gasteiger partial charge in [0.05, 0.1) is 5.76 Å². The van der Waals surface area contributed by atoms with Crippen molar-refractivity contribution in [3.63, 3.8) is 0 Å². The molecule has 4 rings (SSSR count). The Morgan fingerprint density at radius 2 is 1.75 bits per heavy atom. The fraction of sp³-hybridized carbons (Fsp3) is 0.0769. The van der Waals surface area contributed by atoms with Gasteiger partial charge in [-0.2, -0.15) is 0 Å². The molecule has 0 saturated heterocycles. The Morgan fingerprint density at radius 1 is 1.00 bits per heavy atom. The molecule has 3 aromatic carbocycles. The summed E-state index contributed by atoms with van der Waals surface area (Å²) in [6.45, 7) is 2.85. The van der Waals surface area contributed by atoms with Gasteiger partial charge < -0.3 is 5.11 Å². The van der Waals surface area contributed by atoms with Gasteiger partial charge in [-0.1, -0.05) is 41.5 Å². The first-order valence-corrected chi connectivity index (χ1v) is 9.54. The molecule has 4 aromatic rings. The first kappa shape index (κ1) is 25.1. The number of hydrogen-bond acceptors (Lipinski definition) is 3. The number of fused-ring (bicyclic) bond motifs is 1. The number of aliphatic hydroxyl groups excluding tert-OH is 1. The molecule has 32 heavy (non-hydrogen) atoms. The Labute approximate surface area is 198 Å². The summed E-state index contributed by atoms with van der Waals surface area (Å²) in [4.78, 5) is 14.5. The van der Waals surface area contributed by atoms with Crippen LogP contribution >= 0.6 is 0 Å². The Morgan fingerprint density at radius 3 is 2.41 bits per heavy atom. The van der Waals surface area contributed by atoms with Crippen molar-refractivity contribution in [1.29, 1.82) is 0 Å². The number of pyridine rings is 1. The number of nitrogens with zero attached hydrogens (tertiary/aromatic N) is 1. The van der Waals surface area contributed by atoms with Gasteiger partial charge in [0, 0.05) is 44.0 Å². The van der Waals surface area contributed by atoms with Crippen molar-refractivity contribution in [3.05, 3.63) is 102 Å². The summed E-state index contributed by atoms with van der Waals surface area (Å²) in [5.74, 6) is -1.23. The second kappa shape index (κ2) is 11.4. The third kappa shape index (κ3) is 6.39. The minimum Gasteiger partial charge on any atom is -0.512 e. The van der Waals surface area contributed by atoms with Gasteiger partial charge in [-0.15, -0.1) is 29.8 Å². The summed E-state index contributed by atoms with van der Waals surface area (Å²) in [6, 6.07) is 21.9. The molecule has 0 aliphatic rings. The van der Waals surface area contributed by atoms with E-state index in [0.29, 0.717) is 11.1 Å². The number of aliphatic hydroxyl groups is 1. The van der Waals surface area contributed by atoms with Crippen LogP contribution in [0, 0.1) is 17.7 Å². The molecule has 0 spiro atoms. The minimum atomic E-state index is -0.586. The van der Waals surface area contributed by atoms with Crippen LogP contribution in [-0.4, -0.2) is 15.9 Å². The van der Waals surface area contributed by atoms with Gasteiger partial charge in [0.25, 0.3) is 0 Å². The maximum Gasteiger partial charge on any atom is 0.155 e. The Kier molecular flexibility index (Phi) is 8.94. The largest absolute Gasteiger partial charge is 0.512 e. The summed E-state index contributed by atoms with van der Waals surface area (Å²) < 4.78 is 27.2. The van der Waals surface area contributed by atoms with Gasteiger partial charge >= 0.3 is 0 Å². The van der Waals surface area contributed by atoms with Crippen LogP contribution < -0.4 is 0 Å². The Hall–Kier alpha value is -3.21. The molecule has 0 aliphatic heterocycles. The maximum absolute atomic E-state index is 14.1.